The highest BCUT2D eigenvalue weighted by molar-refractivity contribution is 6.23. The molecule has 37 heavy (non-hydrogen) atoms. The number of imide groups is 1. The summed E-state index contributed by atoms with van der Waals surface area (Å²) < 4.78 is 46.8. The predicted molar refractivity (Wildman–Crippen MR) is 126 cm³/mol. The Bertz CT molecular complexity index is 1500. The van der Waals surface area contributed by atoms with E-state index >= 15 is 0 Å². The zero-order chi connectivity index (χ0) is 26.5. The molecule has 2 bridgehead atoms. The average Bonchev–Trinajstić information content (AvgIpc) is 3.50. The largest absolute Gasteiger partial charge is 0.416 e. The van der Waals surface area contributed by atoms with Crippen LogP contribution >= 0.6 is 0 Å². The number of alkyl halides is 3. The minimum Gasteiger partial charge on any atom is -0.365 e. The number of nitrogens with zero attached hydrogens (tertiary/aromatic N) is 2. The number of H-pyrrole nitrogens is 1. The normalized spacial score (nSPS) is 30.9. The minimum atomic E-state index is -4.63. The van der Waals surface area contributed by atoms with Crippen molar-refractivity contribution in [2.24, 2.45) is 11.8 Å². The first-order valence-corrected chi connectivity index (χ1v) is 11.8. The van der Waals surface area contributed by atoms with E-state index in [9.17, 15) is 27.6 Å². The maximum atomic E-state index is 13.6. The summed E-state index contributed by atoms with van der Waals surface area (Å²) in [6, 6.07) is 9.96. The van der Waals surface area contributed by atoms with E-state index in [1.807, 2.05) is 6.07 Å². The highest BCUT2D eigenvalue weighted by atomic mass is 19.4. The second-order valence-electron chi connectivity index (χ2n) is 10.4. The topological polar surface area (TPSA) is 104 Å². The van der Waals surface area contributed by atoms with E-state index in [1.165, 1.54) is 19.1 Å². The van der Waals surface area contributed by atoms with Crippen molar-refractivity contribution < 1.29 is 32.3 Å². The molecule has 4 heterocycles. The lowest BCUT2D eigenvalue weighted by atomic mass is 9.66. The molecule has 2 N–H and O–H groups in total. The van der Waals surface area contributed by atoms with E-state index in [1.54, 1.807) is 32.0 Å². The molecule has 0 radical (unpaired) electrons. The van der Waals surface area contributed by atoms with Gasteiger partial charge in [0.05, 0.1) is 45.8 Å². The molecule has 0 aliphatic carbocycles. The standard InChI is InChI=1S/C26H23F3N4O4/c1-12-8-9-13(10-15(12)26(27,28)29)33-22(35)18-19(23(33)36)25(3)17(11-24(18,2)37-25)30-21(34)20-14-6-4-5-7-16(14)31-32-20/h4-10,17-19H,11H2,1-3H3,(H,30,34)(H,31,32)/t17-,18-,19+,24-,25+/m1/s1. The molecule has 0 unspecified atom stereocenters. The van der Waals surface area contributed by atoms with Crippen molar-refractivity contribution in [1.29, 1.82) is 0 Å². The Labute approximate surface area is 209 Å². The number of carbonyl (C=O) groups is 3. The molecule has 5 atom stereocenters. The quantitative estimate of drug-likeness (QED) is 0.521. The second-order valence-corrected chi connectivity index (χ2v) is 10.4. The highest BCUT2D eigenvalue weighted by Crippen LogP contribution is 2.61. The van der Waals surface area contributed by atoms with Gasteiger partial charge in [0.1, 0.15) is 0 Å². The van der Waals surface area contributed by atoms with E-state index in [-0.39, 0.29) is 23.4 Å². The number of halogens is 3. The molecule has 3 saturated heterocycles. The third-order valence-corrected chi connectivity index (χ3v) is 8.11. The number of para-hydroxylation sites is 1. The van der Waals surface area contributed by atoms with Crippen LogP contribution < -0.4 is 10.2 Å². The van der Waals surface area contributed by atoms with Crippen LogP contribution in [0, 0.1) is 18.8 Å². The number of hydrogen-bond donors (Lipinski definition) is 2. The van der Waals surface area contributed by atoms with Gasteiger partial charge in [-0.25, -0.2) is 4.90 Å². The molecule has 2 aromatic carbocycles. The number of fused-ring (bicyclic) bond motifs is 6. The third kappa shape index (κ3) is 3.19. The number of carbonyl (C=O) groups excluding carboxylic acids is 3. The number of rotatable bonds is 3. The minimum absolute atomic E-state index is 0.00784. The van der Waals surface area contributed by atoms with Crippen molar-refractivity contribution in [3.05, 3.63) is 59.3 Å². The van der Waals surface area contributed by atoms with Gasteiger partial charge in [0.2, 0.25) is 11.8 Å². The Morgan fingerprint density at radius 3 is 2.57 bits per heavy atom. The zero-order valence-corrected chi connectivity index (χ0v) is 20.1. The van der Waals surface area contributed by atoms with Crippen LogP contribution in [0.1, 0.15) is 41.9 Å². The molecule has 3 aliphatic heterocycles. The molecule has 8 nitrogen and oxygen atoms in total. The van der Waals surface area contributed by atoms with Gasteiger partial charge in [-0.1, -0.05) is 24.3 Å². The van der Waals surface area contributed by atoms with Crippen molar-refractivity contribution in [2.45, 2.75) is 50.6 Å². The molecular formula is C26H23F3N4O4. The third-order valence-electron chi connectivity index (χ3n) is 8.11. The summed E-state index contributed by atoms with van der Waals surface area (Å²) in [7, 11) is 0. The van der Waals surface area contributed by atoms with Gasteiger partial charge >= 0.3 is 6.18 Å². The van der Waals surface area contributed by atoms with Crippen LogP contribution in [-0.4, -0.2) is 45.2 Å². The number of ether oxygens (including phenoxy) is 1. The fraction of sp³-hybridized carbons (Fsp3) is 0.385. The van der Waals surface area contributed by atoms with Gasteiger partial charge in [-0.15, -0.1) is 0 Å². The number of anilines is 1. The van der Waals surface area contributed by atoms with E-state index in [0.29, 0.717) is 10.9 Å². The number of aromatic amines is 1. The Balaban J connectivity index is 1.32. The van der Waals surface area contributed by atoms with E-state index in [4.69, 9.17) is 4.74 Å². The number of aromatic nitrogens is 2. The first-order chi connectivity index (χ1) is 17.3. The lowest BCUT2D eigenvalue weighted by Crippen LogP contribution is -2.56. The molecule has 192 valence electrons. The van der Waals surface area contributed by atoms with E-state index in [2.05, 4.69) is 15.5 Å². The first-order valence-electron chi connectivity index (χ1n) is 11.8. The SMILES string of the molecule is Cc1ccc(N2C(=O)[C@@H]3[C@H](C2=O)[C@@]2(C)C[C@@H](NC(=O)c4n[nH]c5ccccc45)[C@]3(C)O2)cc1C(F)(F)F. The second kappa shape index (κ2) is 7.41. The predicted octanol–water partition coefficient (Wildman–Crippen LogP) is 3.75. The maximum Gasteiger partial charge on any atom is 0.416 e. The molecular weight excluding hydrogens is 489 g/mol. The van der Waals surface area contributed by atoms with Crippen LogP contribution in [0.4, 0.5) is 18.9 Å². The smallest absolute Gasteiger partial charge is 0.365 e. The van der Waals surface area contributed by atoms with Gasteiger partial charge in [0, 0.05) is 11.8 Å². The van der Waals surface area contributed by atoms with Crippen molar-refractivity contribution in [1.82, 2.24) is 15.5 Å². The molecule has 0 saturated carbocycles. The summed E-state index contributed by atoms with van der Waals surface area (Å²) >= 11 is 0. The van der Waals surface area contributed by atoms with Gasteiger partial charge in [0.15, 0.2) is 5.69 Å². The molecule has 6 rings (SSSR count). The van der Waals surface area contributed by atoms with Crippen LogP contribution in [0.2, 0.25) is 0 Å². The van der Waals surface area contributed by atoms with E-state index in [0.717, 1.165) is 11.0 Å². The van der Waals surface area contributed by atoms with Gasteiger partial charge < -0.3 is 10.1 Å². The Morgan fingerprint density at radius 1 is 1.14 bits per heavy atom. The van der Waals surface area contributed by atoms with Gasteiger partial charge in [-0.3, -0.25) is 19.5 Å². The molecule has 3 aliphatic rings. The summed E-state index contributed by atoms with van der Waals surface area (Å²) in [6.45, 7) is 4.69. The van der Waals surface area contributed by atoms with Crippen LogP contribution in [-0.2, 0) is 20.5 Å². The van der Waals surface area contributed by atoms with Gasteiger partial charge in [0.25, 0.3) is 5.91 Å². The molecule has 11 heteroatoms. The maximum absolute atomic E-state index is 13.6. The summed E-state index contributed by atoms with van der Waals surface area (Å²) in [6.07, 6.45) is -4.37. The van der Waals surface area contributed by atoms with Gasteiger partial charge in [-0.05, 0) is 44.5 Å². The van der Waals surface area contributed by atoms with Crippen molar-refractivity contribution in [2.75, 3.05) is 4.90 Å². The summed E-state index contributed by atoms with van der Waals surface area (Å²) in [5.74, 6) is -3.53. The molecule has 3 amide bonds. The van der Waals surface area contributed by atoms with Gasteiger partial charge in [-0.2, -0.15) is 18.3 Å². The highest BCUT2D eigenvalue weighted by Gasteiger charge is 2.76. The molecule has 3 aromatic rings. The monoisotopic (exact) mass is 512 g/mol. The fourth-order valence-corrected chi connectivity index (χ4v) is 6.42. The van der Waals surface area contributed by atoms with Crippen LogP contribution in [0.25, 0.3) is 10.9 Å². The number of nitrogens with one attached hydrogen (secondary N) is 2. The average molecular weight is 512 g/mol. The summed E-state index contributed by atoms with van der Waals surface area (Å²) in [5.41, 5.74) is -2.47. The molecule has 0 spiro atoms. The Morgan fingerprint density at radius 2 is 1.84 bits per heavy atom. The van der Waals surface area contributed by atoms with Crippen LogP contribution in [0.5, 0.6) is 0 Å². The van der Waals surface area contributed by atoms with Crippen molar-refractivity contribution in [3.63, 3.8) is 0 Å². The molecule has 3 fully saturated rings. The Hall–Kier alpha value is -3.73. The first kappa shape index (κ1) is 23.7. The Kier molecular flexibility index (Phi) is 4.74. The molecule has 1 aromatic heterocycles. The summed E-state index contributed by atoms with van der Waals surface area (Å²) in [4.78, 5) is 41.1. The van der Waals surface area contributed by atoms with Crippen LogP contribution in [0.3, 0.4) is 0 Å². The summed E-state index contributed by atoms with van der Waals surface area (Å²) in [5, 5.41) is 10.5. The van der Waals surface area contributed by atoms with Crippen molar-refractivity contribution >= 4 is 34.3 Å². The van der Waals surface area contributed by atoms with Crippen molar-refractivity contribution in [3.8, 4) is 0 Å². The number of amides is 3. The number of benzene rings is 2. The lowest BCUT2D eigenvalue weighted by molar-refractivity contribution is -0.138. The fourth-order valence-electron chi connectivity index (χ4n) is 6.42. The number of aryl methyl sites for hydroxylation is 1. The van der Waals surface area contributed by atoms with Crippen LogP contribution in [0.15, 0.2) is 42.5 Å². The number of hydrogen-bond acceptors (Lipinski definition) is 5. The zero-order valence-electron chi connectivity index (χ0n) is 20.1. The lowest BCUT2D eigenvalue weighted by Gasteiger charge is -2.35. The van der Waals surface area contributed by atoms with E-state index < -0.39 is 58.5 Å².